The number of nitrogens with zero attached hydrogens (tertiary/aromatic N) is 2. The van der Waals surface area contributed by atoms with Crippen LogP contribution in [0.5, 0.6) is 11.5 Å². The number of ether oxygens (including phenoxy) is 2. The van der Waals surface area contributed by atoms with Gasteiger partial charge < -0.3 is 9.47 Å². The van der Waals surface area contributed by atoms with Gasteiger partial charge in [-0.3, -0.25) is 0 Å². The molecule has 0 saturated heterocycles. The average molecular weight is 278 g/mol. The highest BCUT2D eigenvalue weighted by atomic mass is 16.5. The minimum absolute atomic E-state index is 0.272. The molecule has 0 N–H and O–H groups in total. The summed E-state index contributed by atoms with van der Waals surface area (Å²) >= 11 is 0. The van der Waals surface area contributed by atoms with Crippen molar-refractivity contribution in [2.45, 2.75) is 13.5 Å². The molecule has 104 valence electrons. The lowest BCUT2D eigenvalue weighted by molar-refractivity contribution is 0.294. The highest BCUT2D eigenvalue weighted by Crippen LogP contribution is 2.24. The molecule has 0 radical (unpaired) electrons. The lowest BCUT2D eigenvalue weighted by Crippen LogP contribution is -2.00. The van der Waals surface area contributed by atoms with E-state index in [9.17, 15) is 0 Å². The second kappa shape index (κ2) is 6.45. The Kier molecular flexibility index (Phi) is 4.43. The van der Waals surface area contributed by atoms with Gasteiger partial charge in [-0.15, -0.1) is 0 Å². The van der Waals surface area contributed by atoms with Gasteiger partial charge in [0, 0.05) is 5.56 Å². The summed E-state index contributed by atoms with van der Waals surface area (Å²) in [5.74, 6) is 1.32. The van der Waals surface area contributed by atoms with E-state index in [-0.39, 0.29) is 6.61 Å². The van der Waals surface area contributed by atoms with Crippen LogP contribution in [0, 0.1) is 29.6 Å². The van der Waals surface area contributed by atoms with Crippen LogP contribution in [0.2, 0.25) is 0 Å². The van der Waals surface area contributed by atoms with Crippen LogP contribution >= 0.6 is 0 Å². The van der Waals surface area contributed by atoms with Crippen LogP contribution in [0.3, 0.4) is 0 Å². The van der Waals surface area contributed by atoms with Gasteiger partial charge in [-0.05, 0) is 42.8 Å². The molecule has 0 amide bonds. The Bertz CT molecular complexity index is 739. The van der Waals surface area contributed by atoms with Crippen molar-refractivity contribution in [3.8, 4) is 23.6 Å². The minimum atomic E-state index is 0.272. The fourth-order valence-corrected chi connectivity index (χ4v) is 1.94. The fourth-order valence-electron chi connectivity index (χ4n) is 1.94. The van der Waals surface area contributed by atoms with E-state index in [1.807, 2.05) is 13.0 Å². The van der Waals surface area contributed by atoms with E-state index in [4.69, 9.17) is 20.0 Å². The predicted molar refractivity (Wildman–Crippen MR) is 77.9 cm³/mol. The Morgan fingerprint density at radius 1 is 0.952 bits per heavy atom. The Labute approximate surface area is 123 Å². The molecule has 0 saturated carbocycles. The summed E-state index contributed by atoms with van der Waals surface area (Å²) in [5, 5.41) is 17.9. The van der Waals surface area contributed by atoms with Crippen molar-refractivity contribution in [3.05, 3.63) is 58.7 Å². The van der Waals surface area contributed by atoms with E-state index in [2.05, 4.69) is 12.1 Å². The van der Waals surface area contributed by atoms with Crippen molar-refractivity contribution in [1.82, 2.24) is 0 Å². The number of benzene rings is 2. The molecule has 2 aromatic carbocycles. The van der Waals surface area contributed by atoms with Gasteiger partial charge in [-0.2, -0.15) is 10.5 Å². The molecule has 0 aromatic heterocycles. The molecule has 0 bridgehead atoms. The number of rotatable bonds is 4. The van der Waals surface area contributed by atoms with Crippen LogP contribution in [-0.2, 0) is 6.61 Å². The SMILES string of the molecule is COc1ccc(C#N)cc1COc1cc(C#N)ccc1C. The van der Waals surface area contributed by atoms with Gasteiger partial charge in [0.2, 0.25) is 0 Å². The third-order valence-electron chi connectivity index (χ3n) is 3.11. The summed E-state index contributed by atoms with van der Waals surface area (Å²) in [7, 11) is 1.58. The second-order valence-electron chi connectivity index (χ2n) is 4.52. The maximum atomic E-state index is 8.96. The molecule has 0 unspecified atom stereocenters. The van der Waals surface area contributed by atoms with Gasteiger partial charge in [0.1, 0.15) is 18.1 Å². The van der Waals surface area contributed by atoms with E-state index in [0.717, 1.165) is 11.1 Å². The number of hydrogen-bond acceptors (Lipinski definition) is 4. The molecular weight excluding hydrogens is 264 g/mol. The van der Waals surface area contributed by atoms with Crippen LogP contribution in [0.15, 0.2) is 36.4 Å². The van der Waals surface area contributed by atoms with Crippen LogP contribution in [-0.4, -0.2) is 7.11 Å². The normalized spacial score (nSPS) is 9.52. The first-order chi connectivity index (χ1) is 10.2. The smallest absolute Gasteiger partial charge is 0.125 e. The molecule has 21 heavy (non-hydrogen) atoms. The maximum Gasteiger partial charge on any atom is 0.125 e. The Morgan fingerprint density at radius 2 is 1.62 bits per heavy atom. The zero-order chi connectivity index (χ0) is 15.2. The largest absolute Gasteiger partial charge is 0.496 e. The van der Waals surface area contributed by atoms with E-state index >= 15 is 0 Å². The van der Waals surface area contributed by atoms with Crippen molar-refractivity contribution in [2.75, 3.05) is 7.11 Å². The first kappa shape index (κ1) is 14.4. The Balaban J connectivity index is 2.24. The van der Waals surface area contributed by atoms with Crippen molar-refractivity contribution < 1.29 is 9.47 Å². The third kappa shape index (κ3) is 3.32. The zero-order valence-electron chi connectivity index (χ0n) is 11.9. The number of nitriles is 2. The lowest BCUT2D eigenvalue weighted by atomic mass is 10.1. The monoisotopic (exact) mass is 278 g/mol. The first-order valence-corrected chi connectivity index (χ1v) is 6.38. The minimum Gasteiger partial charge on any atom is -0.496 e. The second-order valence-corrected chi connectivity index (χ2v) is 4.52. The standard InChI is InChI=1S/C17H14N2O2/c1-12-3-4-14(10-19)8-17(12)21-11-15-7-13(9-18)5-6-16(15)20-2/h3-8H,11H2,1-2H3. The quantitative estimate of drug-likeness (QED) is 0.860. The molecule has 0 aliphatic heterocycles. The summed E-state index contributed by atoms with van der Waals surface area (Å²) in [5.41, 5.74) is 2.84. The van der Waals surface area contributed by atoms with Crippen molar-refractivity contribution in [1.29, 1.82) is 10.5 Å². The summed E-state index contributed by atoms with van der Waals surface area (Å²) < 4.78 is 11.0. The maximum absolute atomic E-state index is 8.96. The van der Waals surface area contributed by atoms with Gasteiger partial charge in [0.05, 0.1) is 30.4 Å². The molecule has 0 aliphatic rings. The van der Waals surface area contributed by atoms with Gasteiger partial charge in [-0.25, -0.2) is 0 Å². The number of aryl methyl sites for hydroxylation is 1. The van der Waals surface area contributed by atoms with Crippen LogP contribution in [0.25, 0.3) is 0 Å². The number of hydrogen-bond donors (Lipinski definition) is 0. The molecule has 0 aliphatic carbocycles. The molecular formula is C17H14N2O2. The molecule has 0 fully saturated rings. The van der Waals surface area contributed by atoms with Crippen molar-refractivity contribution in [3.63, 3.8) is 0 Å². The predicted octanol–water partition coefficient (Wildman–Crippen LogP) is 3.33. The van der Waals surface area contributed by atoms with E-state index in [1.165, 1.54) is 0 Å². The first-order valence-electron chi connectivity index (χ1n) is 6.38. The molecule has 4 nitrogen and oxygen atoms in total. The van der Waals surface area contributed by atoms with Crippen LogP contribution < -0.4 is 9.47 Å². The van der Waals surface area contributed by atoms with Gasteiger partial charge >= 0.3 is 0 Å². The Morgan fingerprint density at radius 3 is 2.29 bits per heavy atom. The summed E-state index contributed by atoms with van der Waals surface area (Å²) in [6.45, 7) is 2.19. The third-order valence-corrected chi connectivity index (χ3v) is 3.11. The highest BCUT2D eigenvalue weighted by Gasteiger charge is 2.07. The molecule has 0 atom stereocenters. The molecule has 2 rings (SSSR count). The summed E-state index contributed by atoms with van der Waals surface area (Å²) in [4.78, 5) is 0. The lowest BCUT2D eigenvalue weighted by Gasteiger charge is -2.12. The zero-order valence-corrected chi connectivity index (χ0v) is 11.9. The van der Waals surface area contributed by atoms with Gasteiger partial charge in [-0.1, -0.05) is 6.07 Å². The molecule has 2 aromatic rings. The van der Waals surface area contributed by atoms with Gasteiger partial charge in [0.25, 0.3) is 0 Å². The molecule has 4 heteroatoms. The van der Waals surface area contributed by atoms with E-state index < -0.39 is 0 Å². The highest BCUT2D eigenvalue weighted by molar-refractivity contribution is 5.44. The molecule has 0 heterocycles. The van der Waals surface area contributed by atoms with Crippen molar-refractivity contribution >= 4 is 0 Å². The number of methoxy groups -OCH3 is 1. The van der Waals surface area contributed by atoms with Gasteiger partial charge in [0.15, 0.2) is 0 Å². The summed E-state index contributed by atoms with van der Waals surface area (Å²) in [6, 6.07) is 14.7. The Hall–Kier alpha value is -2.98. The molecule has 0 spiro atoms. The van der Waals surface area contributed by atoms with Crippen LogP contribution in [0.4, 0.5) is 0 Å². The van der Waals surface area contributed by atoms with E-state index in [1.54, 1.807) is 37.4 Å². The average Bonchev–Trinajstić information content (AvgIpc) is 2.53. The van der Waals surface area contributed by atoms with E-state index in [0.29, 0.717) is 22.6 Å². The fraction of sp³-hybridized carbons (Fsp3) is 0.176. The summed E-state index contributed by atoms with van der Waals surface area (Å²) in [6.07, 6.45) is 0. The topological polar surface area (TPSA) is 66.0 Å². The van der Waals surface area contributed by atoms with Crippen LogP contribution in [0.1, 0.15) is 22.3 Å². The van der Waals surface area contributed by atoms with Crippen molar-refractivity contribution in [2.24, 2.45) is 0 Å².